The standard InChI is InChI=1S/C10H13NO3/c1-4-10(2,3)11-8(12)6-5-7(6)9(13)14/h1,6-7H,5H2,2-3H3,(H,11,12)(H,13,14)/t6-,7+/m1/s1. The molecule has 0 spiro atoms. The number of aliphatic carboxylic acids is 1. The zero-order chi connectivity index (χ0) is 10.9. The average molecular weight is 195 g/mol. The molecule has 0 saturated heterocycles. The minimum Gasteiger partial charge on any atom is -0.481 e. The first-order chi connectivity index (χ1) is 6.37. The van der Waals surface area contributed by atoms with E-state index >= 15 is 0 Å². The minimum absolute atomic E-state index is 0.264. The van der Waals surface area contributed by atoms with Crippen LogP contribution >= 0.6 is 0 Å². The predicted molar refractivity (Wildman–Crippen MR) is 50.3 cm³/mol. The van der Waals surface area contributed by atoms with Crippen LogP contribution in [0.2, 0.25) is 0 Å². The number of nitrogens with one attached hydrogen (secondary N) is 1. The highest BCUT2D eigenvalue weighted by Crippen LogP contribution is 2.38. The lowest BCUT2D eigenvalue weighted by Gasteiger charge is -2.19. The molecule has 1 rings (SSSR count). The molecule has 4 heteroatoms. The summed E-state index contributed by atoms with van der Waals surface area (Å²) in [6, 6.07) is 0. The Morgan fingerprint density at radius 2 is 2.07 bits per heavy atom. The third-order valence-electron chi connectivity index (χ3n) is 2.24. The van der Waals surface area contributed by atoms with Crippen LogP contribution in [0.15, 0.2) is 0 Å². The van der Waals surface area contributed by atoms with Crippen LogP contribution in [0.4, 0.5) is 0 Å². The van der Waals surface area contributed by atoms with Gasteiger partial charge in [-0.1, -0.05) is 5.92 Å². The molecular formula is C10H13NO3. The maximum atomic E-state index is 11.4. The number of hydrogen-bond acceptors (Lipinski definition) is 2. The van der Waals surface area contributed by atoms with Crippen molar-refractivity contribution in [2.75, 3.05) is 0 Å². The van der Waals surface area contributed by atoms with Gasteiger partial charge in [0.15, 0.2) is 0 Å². The van der Waals surface area contributed by atoms with Crippen LogP contribution in [0.25, 0.3) is 0 Å². The maximum absolute atomic E-state index is 11.4. The minimum atomic E-state index is -0.913. The van der Waals surface area contributed by atoms with Crippen molar-refractivity contribution in [2.45, 2.75) is 25.8 Å². The molecule has 1 aliphatic rings. The van der Waals surface area contributed by atoms with Crippen molar-refractivity contribution in [1.82, 2.24) is 5.32 Å². The van der Waals surface area contributed by atoms with E-state index in [4.69, 9.17) is 11.5 Å². The van der Waals surface area contributed by atoms with E-state index in [0.29, 0.717) is 6.42 Å². The zero-order valence-corrected chi connectivity index (χ0v) is 8.20. The lowest BCUT2D eigenvalue weighted by atomic mass is 10.1. The second-order valence-electron chi connectivity index (χ2n) is 4.05. The summed E-state index contributed by atoms with van der Waals surface area (Å²) in [4.78, 5) is 21.9. The highest BCUT2D eigenvalue weighted by atomic mass is 16.4. The Morgan fingerprint density at radius 1 is 1.50 bits per heavy atom. The van der Waals surface area contributed by atoms with Crippen molar-refractivity contribution >= 4 is 11.9 Å². The van der Waals surface area contributed by atoms with E-state index in [0.717, 1.165) is 0 Å². The van der Waals surface area contributed by atoms with E-state index in [2.05, 4.69) is 11.2 Å². The molecule has 76 valence electrons. The molecule has 2 N–H and O–H groups in total. The molecule has 0 aromatic carbocycles. The summed E-state index contributed by atoms with van der Waals surface area (Å²) in [6.07, 6.45) is 5.61. The van der Waals surface area contributed by atoms with Crippen molar-refractivity contribution in [1.29, 1.82) is 0 Å². The Morgan fingerprint density at radius 3 is 2.43 bits per heavy atom. The predicted octanol–water partition coefficient (Wildman–Crippen LogP) is 0.235. The zero-order valence-electron chi connectivity index (χ0n) is 8.20. The number of carbonyl (C=O) groups is 2. The summed E-state index contributed by atoms with van der Waals surface area (Å²) in [7, 11) is 0. The summed E-state index contributed by atoms with van der Waals surface area (Å²) >= 11 is 0. The van der Waals surface area contributed by atoms with Crippen molar-refractivity contribution < 1.29 is 14.7 Å². The summed E-state index contributed by atoms with van der Waals surface area (Å²) in [6.45, 7) is 3.39. The van der Waals surface area contributed by atoms with Crippen molar-refractivity contribution in [3.63, 3.8) is 0 Å². The molecule has 14 heavy (non-hydrogen) atoms. The summed E-state index contributed by atoms with van der Waals surface area (Å²) in [5, 5.41) is 11.2. The highest BCUT2D eigenvalue weighted by Gasteiger charge is 2.48. The van der Waals surface area contributed by atoms with Crippen LogP contribution in [0.1, 0.15) is 20.3 Å². The van der Waals surface area contributed by atoms with E-state index in [1.54, 1.807) is 13.8 Å². The number of carbonyl (C=O) groups excluding carboxylic acids is 1. The lowest BCUT2D eigenvalue weighted by molar-refractivity contribution is -0.140. The third kappa shape index (κ3) is 2.25. The largest absolute Gasteiger partial charge is 0.481 e. The van der Waals surface area contributed by atoms with Crippen molar-refractivity contribution in [3.05, 3.63) is 0 Å². The van der Waals surface area contributed by atoms with Crippen LogP contribution in [-0.2, 0) is 9.59 Å². The van der Waals surface area contributed by atoms with Gasteiger partial charge in [0.2, 0.25) is 5.91 Å². The van der Waals surface area contributed by atoms with Gasteiger partial charge in [0.05, 0.1) is 17.4 Å². The van der Waals surface area contributed by atoms with E-state index in [9.17, 15) is 9.59 Å². The number of terminal acetylenes is 1. The van der Waals surface area contributed by atoms with Gasteiger partial charge in [0.25, 0.3) is 0 Å². The average Bonchev–Trinajstić information content (AvgIpc) is 2.82. The summed E-state index contributed by atoms with van der Waals surface area (Å²) in [5.41, 5.74) is -0.706. The third-order valence-corrected chi connectivity index (χ3v) is 2.24. The van der Waals surface area contributed by atoms with Crippen LogP contribution in [0.5, 0.6) is 0 Å². The first kappa shape index (κ1) is 10.6. The molecule has 0 heterocycles. The Bertz CT molecular complexity index is 314. The number of carboxylic acid groups (broad SMARTS) is 1. The molecule has 1 saturated carbocycles. The molecule has 0 aromatic heterocycles. The van der Waals surface area contributed by atoms with Gasteiger partial charge in [-0.05, 0) is 20.3 Å². The van der Waals surface area contributed by atoms with Gasteiger partial charge in [0, 0.05) is 0 Å². The second kappa shape index (κ2) is 3.33. The molecule has 2 atom stereocenters. The Labute approximate surface area is 82.7 Å². The van der Waals surface area contributed by atoms with E-state index in [1.165, 1.54) is 0 Å². The Balaban J connectivity index is 2.47. The maximum Gasteiger partial charge on any atom is 0.307 e. The molecule has 0 aliphatic heterocycles. The summed E-state index contributed by atoms with van der Waals surface area (Å²) in [5.74, 6) is 0.316. The quantitative estimate of drug-likeness (QED) is 0.634. The van der Waals surface area contributed by atoms with Crippen LogP contribution in [-0.4, -0.2) is 22.5 Å². The molecular weight excluding hydrogens is 182 g/mol. The van der Waals surface area contributed by atoms with Gasteiger partial charge >= 0.3 is 5.97 Å². The molecule has 4 nitrogen and oxygen atoms in total. The van der Waals surface area contributed by atoms with Gasteiger partial charge in [-0.2, -0.15) is 0 Å². The van der Waals surface area contributed by atoms with E-state index in [1.807, 2.05) is 0 Å². The molecule has 0 bridgehead atoms. The van der Waals surface area contributed by atoms with E-state index in [-0.39, 0.29) is 5.91 Å². The number of carboxylic acids is 1. The fourth-order valence-electron chi connectivity index (χ4n) is 1.19. The summed E-state index contributed by atoms with van der Waals surface area (Å²) < 4.78 is 0. The lowest BCUT2D eigenvalue weighted by Crippen LogP contribution is -2.43. The second-order valence-corrected chi connectivity index (χ2v) is 4.05. The molecule has 1 amide bonds. The Hall–Kier alpha value is -1.50. The van der Waals surface area contributed by atoms with Gasteiger partial charge in [-0.3, -0.25) is 9.59 Å². The van der Waals surface area contributed by atoms with Gasteiger partial charge in [-0.25, -0.2) is 0 Å². The molecule has 1 fully saturated rings. The van der Waals surface area contributed by atoms with Crippen LogP contribution < -0.4 is 5.32 Å². The normalized spacial score (nSPS) is 24.9. The van der Waals surface area contributed by atoms with Crippen molar-refractivity contribution in [3.8, 4) is 12.3 Å². The molecule has 0 aromatic rings. The Kier molecular flexibility index (Phi) is 2.52. The number of hydrogen-bond donors (Lipinski definition) is 2. The first-order valence-electron chi connectivity index (χ1n) is 4.40. The number of rotatable bonds is 3. The molecule has 0 unspecified atom stereocenters. The van der Waals surface area contributed by atoms with Gasteiger partial charge in [-0.15, -0.1) is 6.42 Å². The monoisotopic (exact) mass is 195 g/mol. The van der Waals surface area contributed by atoms with Crippen LogP contribution in [0, 0.1) is 24.2 Å². The van der Waals surface area contributed by atoms with E-state index < -0.39 is 23.3 Å². The van der Waals surface area contributed by atoms with Crippen molar-refractivity contribution in [2.24, 2.45) is 11.8 Å². The smallest absolute Gasteiger partial charge is 0.307 e. The van der Waals surface area contributed by atoms with Gasteiger partial charge in [0.1, 0.15) is 0 Å². The first-order valence-corrected chi connectivity index (χ1v) is 4.40. The fraction of sp³-hybridized carbons (Fsp3) is 0.600. The highest BCUT2D eigenvalue weighted by molar-refractivity contribution is 5.90. The topological polar surface area (TPSA) is 66.4 Å². The van der Waals surface area contributed by atoms with Crippen LogP contribution in [0.3, 0.4) is 0 Å². The van der Waals surface area contributed by atoms with Gasteiger partial charge < -0.3 is 10.4 Å². The SMILES string of the molecule is C#CC(C)(C)NC(=O)[C@@H]1C[C@@H]1C(=O)O. The fourth-order valence-corrected chi connectivity index (χ4v) is 1.19. The number of amides is 1. The molecule has 1 aliphatic carbocycles. The molecule has 0 radical (unpaired) electrons.